The van der Waals surface area contributed by atoms with Crippen molar-refractivity contribution in [2.45, 2.75) is 6.92 Å². The minimum Gasteiger partial charge on any atom is -0.311 e. The topological polar surface area (TPSA) is 22.0 Å². The van der Waals surface area contributed by atoms with Gasteiger partial charge in [0.05, 0.1) is 11.1 Å². The lowest BCUT2D eigenvalue weighted by atomic mass is 9.91. The largest absolute Gasteiger partial charge is 0.311 e. The van der Waals surface area contributed by atoms with E-state index in [4.69, 9.17) is 0 Å². The van der Waals surface area contributed by atoms with E-state index in [0.717, 1.165) is 38.7 Å². The number of nitrogens with zero attached hydrogens (tertiary/aromatic N) is 1. The normalized spacial score (nSPS) is 11.0. The van der Waals surface area contributed by atoms with Gasteiger partial charge in [-0.05, 0) is 29.7 Å². The van der Waals surface area contributed by atoms with Crippen molar-refractivity contribution in [2.24, 2.45) is 7.05 Å². The molecule has 4 aromatic rings. The van der Waals surface area contributed by atoms with Gasteiger partial charge in [-0.1, -0.05) is 72.8 Å². The maximum Gasteiger partial charge on any atom is 0.259 e. The Morgan fingerprint density at radius 1 is 0.720 bits per heavy atom. The fourth-order valence-corrected chi connectivity index (χ4v) is 3.43. The van der Waals surface area contributed by atoms with Crippen LogP contribution in [0.5, 0.6) is 0 Å². The van der Waals surface area contributed by atoms with Crippen molar-refractivity contribution >= 4 is 10.9 Å². The summed E-state index contributed by atoms with van der Waals surface area (Å²) < 4.78 is 1.76. The van der Waals surface area contributed by atoms with Crippen molar-refractivity contribution in [1.29, 1.82) is 0 Å². The van der Waals surface area contributed by atoms with E-state index >= 15 is 0 Å². The van der Waals surface area contributed by atoms with Crippen LogP contribution in [0.25, 0.3) is 33.2 Å². The lowest BCUT2D eigenvalue weighted by molar-refractivity contribution is 0.908. The molecule has 0 aliphatic carbocycles. The fraction of sp³-hybridized carbons (Fsp3) is 0.0870. The van der Waals surface area contributed by atoms with Crippen LogP contribution in [-0.2, 0) is 7.05 Å². The van der Waals surface area contributed by atoms with E-state index in [1.807, 2.05) is 55.6 Å². The number of hydrogen-bond donors (Lipinski definition) is 0. The zero-order valence-electron chi connectivity index (χ0n) is 14.4. The Bertz CT molecular complexity index is 1110. The lowest BCUT2D eigenvalue weighted by Crippen LogP contribution is -2.20. The summed E-state index contributed by atoms with van der Waals surface area (Å²) in [7, 11) is 1.85. The second-order valence-corrected chi connectivity index (χ2v) is 6.37. The maximum atomic E-state index is 13.3. The van der Waals surface area contributed by atoms with Crippen molar-refractivity contribution in [3.63, 3.8) is 0 Å². The van der Waals surface area contributed by atoms with E-state index in [0.29, 0.717) is 0 Å². The van der Waals surface area contributed by atoms with Crippen LogP contribution < -0.4 is 5.56 Å². The number of fused-ring (bicyclic) bond motifs is 1. The van der Waals surface area contributed by atoms with Gasteiger partial charge in [0.1, 0.15) is 0 Å². The Balaban J connectivity index is 2.23. The second-order valence-electron chi connectivity index (χ2n) is 6.37. The van der Waals surface area contributed by atoms with Crippen molar-refractivity contribution in [3.8, 4) is 22.3 Å². The Labute approximate surface area is 147 Å². The Morgan fingerprint density at radius 2 is 1.28 bits per heavy atom. The molecule has 1 heterocycles. The summed E-state index contributed by atoms with van der Waals surface area (Å²) in [5.74, 6) is 0. The number of hydrogen-bond acceptors (Lipinski definition) is 1. The monoisotopic (exact) mass is 325 g/mol. The summed E-state index contributed by atoms with van der Waals surface area (Å²) in [6, 6.07) is 26.4. The van der Waals surface area contributed by atoms with E-state index in [1.165, 1.54) is 0 Å². The van der Waals surface area contributed by atoms with Crippen LogP contribution in [-0.4, -0.2) is 4.57 Å². The van der Waals surface area contributed by atoms with Crippen LogP contribution in [0.4, 0.5) is 0 Å². The first-order valence-electron chi connectivity index (χ1n) is 8.41. The summed E-state index contributed by atoms with van der Waals surface area (Å²) in [6.45, 7) is 2.05. The van der Waals surface area contributed by atoms with Gasteiger partial charge >= 0.3 is 0 Å². The quantitative estimate of drug-likeness (QED) is 0.498. The molecular formula is C23H19NO. The molecule has 0 spiro atoms. The van der Waals surface area contributed by atoms with Crippen LogP contribution in [0.15, 0.2) is 83.7 Å². The first-order chi connectivity index (χ1) is 12.2. The molecule has 0 aliphatic rings. The first-order valence-corrected chi connectivity index (χ1v) is 8.41. The second kappa shape index (κ2) is 6.06. The number of rotatable bonds is 2. The predicted molar refractivity (Wildman–Crippen MR) is 105 cm³/mol. The standard InChI is InChI=1S/C23H19NO/c1-16-13-14-19-20(15-16)24(2)23(25)22(18-11-7-4-8-12-18)21(19)17-9-5-3-6-10-17/h3-15H,1-2H3. The molecule has 0 saturated heterocycles. The average Bonchev–Trinajstić information content (AvgIpc) is 2.66. The molecule has 122 valence electrons. The van der Waals surface area contributed by atoms with Crippen LogP contribution in [0.2, 0.25) is 0 Å². The number of aromatic nitrogens is 1. The third-order valence-corrected chi connectivity index (χ3v) is 4.68. The maximum absolute atomic E-state index is 13.3. The summed E-state index contributed by atoms with van der Waals surface area (Å²) in [5.41, 5.74) is 5.91. The van der Waals surface area contributed by atoms with Crippen LogP contribution >= 0.6 is 0 Å². The number of pyridine rings is 1. The number of benzene rings is 3. The summed E-state index contributed by atoms with van der Waals surface area (Å²) in [6.07, 6.45) is 0. The molecule has 0 fully saturated rings. The van der Waals surface area contributed by atoms with Crippen molar-refractivity contribution in [3.05, 3.63) is 94.8 Å². The van der Waals surface area contributed by atoms with Gasteiger partial charge in [0.2, 0.25) is 0 Å². The molecule has 3 aromatic carbocycles. The van der Waals surface area contributed by atoms with E-state index in [9.17, 15) is 4.79 Å². The zero-order chi connectivity index (χ0) is 17.4. The molecule has 0 atom stereocenters. The summed E-state index contributed by atoms with van der Waals surface area (Å²) >= 11 is 0. The van der Waals surface area contributed by atoms with Gasteiger partial charge in [0.25, 0.3) is 5.56 Å². The molecule has 0 bridgehead atoms. The van der Waals surface area contributed by atoms with Gasteiger partial charge in [-0.3, -0.25) is 4.79 Å². The molecule has 0 aliphatic heterocycles. The first kappa shape index (κ1) is 15.4. The van der Waals surface area contributed by atoms with E-state index in [1.54, 1.807) is 4.57 Å². The summed E-state index contributed by atoms with van der Waals surface area (Å²) in [5, 5.41) is 1.10. The van der Waals surface area contributed by atoms with Crippen molar-refractivity contribution in [1.82, 2.24) is 4.57 Å². The molecule has 4 rings (SSSR count). The van der Waals surface area contributed by atoms with Gasteiger partial charge in [0.15, 0.2) is 0 Å². The average molecular weight is 325 g/mol. The highest BCUT2D eigenvalue weighted by molar-refractivity contribution is 6.02. The highest BCUT2D eigenvalue weighted by atomic mass is 16.1. The van der Waals surface area contributed by atoms with E-state index in [2.05, 4.69) is 37.3 Å². The van der Waals surface area contributed by atoms with Gasteiger partial charge in [-0.25, -0.2) is 0 Å². The van der Waals surface area contributed by atoms with Crippen molar-refractivity contribution in [2.75, 3.05) is 0 Å². The number of aryl methyl sites for hydroxylation is 2. The molecule has 1 aromatic heterocycles. The smallest absolute Gasteiger partial charge is 0.259 e. The Kier molecular flexibility index (Phi) is 3.73. The molecule has 0 unspecified atom stereocenters. The minimum absolute atomic E-state index is 0.0307. The Hall–Kier alpha value is -3.13. The Morgan fingerprint density at radius 3 is 1.88 bits per heavy atom. The SMILES string of the molecule is Cc1ccc2c(-c3ccccc3)c(-c3ccccc3)c(=O)n(C)c2c1. The lowest BCUT2D eigenvalue weighted by Gasteiger charge is -2.17. The third kappa shape index (κ3) is 2.56. The van der Waals surface area contributed by atoms with Crippen LogP contribution in [0.3, 0.4) is 0 Å². The molecule has 0 saturated carbocycles. The van der Waals surface area contributed by atoms with Gasteiger partial charge in [-0.15, -0.1) is 0 Å². The van der Waals surface area contributed by atoms with Gasteiger partial charge in [0, 0.05) is 18.0 Å². The third-order valence-electron chi connectivity index (χ3n) is 4.68. The molecule has 2 nitrogen and oxygen atoms in total. The zero-order valence-corrected chi connectivity index (χ0v) is 14.4. The van der Waals surface area contributed by atoms with E-state index in [-0.39, 0.29) is 5.56 Å². The van der Waals surface area contributed by atoms with E-state index < -0.39 is 0 Å². The van der Waals surface area contributed by atoms with Crippen LogP contribution in [0.1, 0.15) is 5.56 Å². The highest BCUT2D eigenvalue weighted by Gasteiger charge is 2.18. The van der Waals surface area contributed by atoms with Gasteiger partial charge < -0.3 is 4.57 Å². The van der Waals surface area contributed by atoms with Crippen LogP contribution in [0, 0.1) is 6.92 Å². The van der Waals surface area contributed by atoms with Crippen molar-refractivity contribution < 1.29 is 0 Å². The molecule has 2 heteroatoms. The molecule has 0 radical (unpaired) electrons. The van der Waals surface area contributed by atoms with Gasteiger partial charge in [-0.2, -0.15) is 0 Å². The molecule has 0 amide bonds. The fourth-order valence-electron chi connectivity index (χ4n) is 3.43. The summed E-state index contributed by atoms with van der Waals surface area (Å²) in [4.78, 5) is 13.3. The molecule has 0 N–H and O–H groups in total. The molecular weight excluding hydrogens is 306 g/mol. The highest BCUT2D eigenvalue weighted by Crippen LogP contribution is 2.35. The molecule has 25 heavy (non-hydrogen) atoms. The predicted octanol–water partition coefficient (Wildman–Crippen LogP) is 5.18. The minimum atomic E-state index is 0.0307.